The maximum Gasteiger partial charge on any atom is 0.0935 e. The molecule has 12 heavy (non-hydrogen) atoms. The third-order valence-electron chi connectivity index (χ3n) is 2.61. The van der Waals surface area contributed by atoms with Crippen LogP contribution in [0, 0.1) is 0 Å². The second-order valence-electron chi connectivity index (χ2n) is 3.31. The molecule has 0 aromatic carbocycles. The van der Waals surface area contributed by atoms with E-state index in [9.17, 15) is 5.11 Å². The Kier molecular flexibility index (Phi) is 3.02. The molecule has 0 fully saturated rings. The van der Waals surface area contributed by atoms with E-state index in [1.54, 1.807) is 0 Å². The summed E-state index contributed by atoms with van der Waals surface area (Å²) in [5.74, 6) is 0. The van der Waals surface area contributed by atoms with E-state index in [4.69, 9.17) is 0 Å². The molecule has 0 radical (unpaired) electrons. The van der Waals surface area contributed by atoms with Crippen molar-refractivity contribution >= 4 is 12.6 Å². The summed E-state index contributed by atoms with van der Waals surface area (Å²) in [4.78, 5) is 0. The van der Waals surface area contributed by atoms with Crippen molar-refractivity contribution in [3.8, 4) is 0 Å². The highest BCUT2D eigenvalue weighted by atomic mass is 32.1. The zero-order valence-electron chi connectivity index (χ0n) is 7.83. The number of thiol groups is 1. The minimum Gasteiger partial charge on any atom is -0.385 e. The summed E-state index contributed by atoms with van der Waals surface area (Å²) >= 11 is 4.49. The molecule has 0 bridgehead atoms. The summed E-state index contributed by atoms with van der Waals surface area (Å²) < 4.78 is 0. The number of aliphatic hydroxyl groups is 1. The Morgan fingerprint density at radius 2 is 2.00 bits per heavy atom. The minimum atomic E-state index is -0.386. The molecule has 1 aliphatic rings. The van der Waals surface area contributed by atoms with E-state index >= 15 is 0 Å². The molecule has 1 aliphatic carbocycles. The van der Waals surface area contributed by atoms with Gasteiger partial charge in [0.1, 0.15) is 0 Å². The Bertz CT molecular complexity index is 240. The Balaban J connectivity index is 2.96. The van der Waals surface area contributed by atoms with Gasteiger partial charge in [0.15, 0.2) is 0 Å². The zero-order valence-corrected chi connectivity index (χ0v) is 8.73. The van der Waals surface area contributed by atoms with Gasteiger partial charge in [-0.3, -0.25) is 0 Å². The van der Waals surface area contributed by atoms with Crippen LogP contribution < -0.4 is 0 Å². The van der Waals surface area contributed by atoms with Crippen molar-refractivity contribution in [3.05, 3.63) is 22.8 Å². The summed E-state index contributed by atoms with van der Waals surface area (Å²) in [5, 5.41) is 9.82. The van der Waals surface area contributed by atoms with Crippen LogP contribution in [0.25, 0.3) is 0 Å². The van der Waals surface area contributed by atoms with E-state index in [0.29, 0.717) is 0 Å². The van der Waals surface area contributed by atoms with E-state index < -0.39 is 0 Å². The van der Waals surface area contributed by atoms with Gasteiger partial charge in [-0.1, -0.05) is 24.1 Å². The van der Waals surface area contributed by atoms with Crippen LogP contribution in [0.4, 0.5) is 0 Å². The van der Waals surface area contributed by atoms with Gasteiger partial charge in [-0.15, -0.1) is 0 Å². The first-order valence-electron chi connectivity index (χ1n) is 4.32. The van der Waals surface area contributed by atoms with Crippen molar-refractivity contribution in [2.45, 2.75) is 38.5 Å². The van der Waals surface area contributed by atoms with E-state index in [1.807, 2.05) is 19.9 Å². The summed E-state index contributed by atoms with van der Waals surface area (Å²) in [5.41, 5.74) is 3.48. The summed E-state index contributed by atoms with van der Waals surface area (Å²) in [6.07, 6.45) is 2.50. The summed E-state index contributed by atoms with van der Waals surface area (Å²) in [6.45, 7) is 6.10. The molecule has 2 heteroatoms. The van der Waals surface area contributed by atoms with Gasteiger partial charge in [-0.2, -0.15) is 12.6 Å². The Morgan fingerprint density at radius 3 is 2.50 bits per heavy atom. The van der Waals surface area contributed by atoms with Crippen LogP contribution in [0.1, 0.15) is 27.2 Å². The molecule has 1 rings (SSSR count). The predicted octanol–water partition coefficient (Wildman–Crippen LogP) is 2.33. The molecular formula is C10H16OS. The molecule has 0 aromatic rings. The highest BCUT2D eigenvalue weighted by Crippen LogP contribution is 2.30. The predicted molar refractivity (Wildman–Crippen MR) is 55.5 cm³/mol. The molecular weight excluding hydrogens is 168 g/mol. The summed E-state index contributed by atoms with van der Waals surface area (Å²) in [7, 11) is 0. The van der Waals surface area contributed by atoms with Gasteiger partial charge in [-0.25, -0.2) is 0 Å². The third kappa shape index (κ3) is 1.59. The highest BCUT2D eigenvalue weighted by molar-refractivity contribution is 7.81. The topological polar surface area (TPSA) is 20.2 Å². The second kappa shape index (κ2) is 3.67. The van der Waals surface area contributed by atoms with Crippen molar-refractivity contribution in [2.75, 3.05) is 0 Å². The van der Waals surface area contributed by atoms with E-state index in [2.05, 4.69) is 19.6 Å². The largest absolute Gasteiger partial charge is 0.385 e. The van der Waals surface area contributed by atoms with Gasteiger partial charge in [0.05, 0.1) is 6.10 Å². The lowest BCUT2D eigenvalue weighted by Gasteiger charge is -2.25. The number of hydrogen-bond donors (Lipinski definition) is 2. The van der Waals surface area contributed by atoms with Crippen molar-refractivity contribution in [1.82, 2.24) is 0 Å². The van der Waals surface area contributed by atoms with E-state index in [-0.39, 0.29) is 11.4 Å². The smallest absolute Gasteiger partial charge is 0.0935 e. The first-order valence-corrected chi connectivity index (χ1v) is 4.83. The number of hydrogen-bond acceptors (Lipinski definition) is 2. The number of rotatable bonds is 1. The average Bonchev–Trinajstić information content (AvgIpc) is 2.08. The van der Waals surface area contributed by atoms with Crippen LogP contribution in [-0.2, 0) is 0 Å². The molecule has 0 amide bonds. The molecule has 68 valence electrons. The van der Waals surface area contributed by atoms with Crippen molar-refractivity contribution < 1.29 is 5.11 Å². The van der Waals surface area contributed by atoms with Gasteiger partial charge >= 0.3 is 0 Å². The Morgan fingerprint density at radius 1 is 1.42 bits per heavy atom. The van der Waals surface area contributed by atoms with Gasteiger partial charge in [-0.05, 0) is 25.8 Å². The van der Waals surface area contributed by atoms with E-state index in [1.165, 1.54) is 11.1 Å². The molecule has 0 saturated heterocycles. The lowest BCUT2D eigenvalue weighted by Crippen LogP contribution is -2.20. The highest BCUT2D eigenvalue weighted by Gasteiger charge is 2.21. The fourth-order valence-electron chi connectivity index (χ4n) is 1.46. The normalized spacial score (nSPS) is 30.6. The fraction of sp³-hybridized carbons (Fsp3) is 0.600. The van der Waals surface area contributed by atoms with Crippen LogP contribution in [0.5, 0.6) is 0 Å². The fourth-order valence-corrected chi connectivity index (χ4v) is 1.93. The molecule has 0 spiro atoms. The van der Waals surface area contributed by atoms with Gasteiger partial charge in [0.2, 0.25) is 0 Å². The van der Waals surface area contributed by atoms with Gasteiger partial charge in [0, 0.05) is 5.25 Å². The van der Waals surface area contributed by atoms with Crippen molar-refractivity contribution in [3.63, 3.8) is 0 Å². The van der Waals surface area contributed by atoms with Crippen molar-refractivity contribution in [2.24, 2.45) is 0 Å². The second-order valence-corrected chi connectivity index (χ2v) is 3.82. The van der Waals surface area contributed by atoms with Crippen molar-refractivity contribution in [1.29, 1.82) is 0 Å². The first kappa shape index (κ1) is 9.87. The quantitative estimate of drug-likeness (QED) is 0.473. The molecule has 1 N–H and O–H groups in total. The molecule has 0 saturated carbocycles. The van der Waals surface area contributed by atoms with Crippen LogP contribution in [0.15, 0.2) is 22.8 Å². The van der Waals surface area contributed by atoms with Gasteiger partial charge < -0.3 is 5.11 Å². The molecule has 2 atom stereocenters. The average molecular weight is 184 g/mol. The van der Waals surface area contributed by atoms with Crippen LogP contribution in [-0.4, -0.2) is 16.5 Å². The zero-order chi connectivity index (χ0) is 9.30. The molecule has 2 unspecified atom stereocenters. The minimum absolute atomic E-state index is 0.221. The molecule has 0 aliphatic heterocycles. The Labute approximate surface area is 79.6 Å². The SMILES string of the molecule is CCC1=CC(O)C(C)=C(C)C1S. The standard InChI is InChI=1S/C10H16OS/c1-4-8-5-9(11)6(2)7(3)10(8)12/h5,9-12H,4H2,1-3H3. The monoisotopic (exact) mass is 184 g/mol. The van der Waals surface area contributed by atoms with Crippen LogP contribution >= 0.6 is 12.6 Å². The lowest BCUT2D eigenvalue weighted by atomic mass is 9.90. The van der Waals surface area contributed by atoms with Gasteiger partial charge in [0.25, 0.3) is 0 Å². The Hall–Kier alpha value is -0.210. The van der Waals surface area contributed by atoms with Crippen LogP contribution in [0.2, 0.25) is 0 Å². The maximum atomic E-state index is 9.60. The lowest BCUT2D eigenvalue weighted by molar-refractivity contribution is 0.254. The van der Waals surface area contributed by atoms with Crippen LogP contribution in [0.3, 0.4) is 0 Å². The maximum absolute atomic E-state index is 9.60. The summed E-state index contributed by atoms with van der Waals surface area (Å²) in [6, 6.07) is 0. The van der Waals surface area contributed by atoms with E-state index in [0.717, 1.165) is 12.0 Å². The first-order chi connectivity index (χ1) is 5.57. The molecule has 0 heterocycles. The number of aliphatic hydroxyl groups excluding tert-OH is 1. The molecule has 0 aromatic heterocycles. The third-order valence-corrected chi connectivity index (χ3v) is 3.33. The molecule has 1 nitrogen and oxygen atoms in total.